The number of hydrogen-bond donors (Lipinski definition) is 0. The van der Waals surface area contributed by atoms with Crippen LogP contribution in [0, 0.1) is 5.41 Å². The van der Waals surface area contributed by atoms with E-state index in [9.17, 15) is 4.79 Å². The Labute approximate surface area is 119 Å². The molecule has 0 aliphatic heterocycles. The molecule has 2 nitrogen and oxygen atoms in total. The molecule has 0 N–H and O–H groups in total. The molecule has 0 radical (unpaired) electrons. The number of rotatable bonds is 3. The lowest BCUT2D eigenvalue weighted by Gasteiger charge is -2.20. The van der Waals surface area contributed by atoms with Crippen molar-refractivity contribution in [3.8, 4) is 0 Å². The first-order valence-corrected chi connectivity index (χ1v) is 6.87. The summed E-state index contributed by atoms with van der Waals surface area (Å²) in [6.07, 6.45) is 2.76. The highest BCUT2D eigenvalue weighted by molar-refractivity contribution is 6.30. The number of benzene rings is 1. The van der Waals surface area contributed by atoms with E-state index in [1.54, 1.807) is 0 Å². The van der Waals surface area contributed by atoms with Crippen LogP contribution in [0.3, 0.4) is 0 Å². The minimum atomic E-state index is -0.188. The van der Waals surface area contributed by atoms with Crippen LogP contribution in [0.15, 0.2) is 35.4 Å². The zero-order valence-corrected chi connectivity index (χ0v) is 12.4. The van der Waals surface area contributed by atoms with Crippen LogP contribution in [0.4, 0.5) is 0 Å². The van der Waals surface area contributed by atoms with Crippen molar-refractivity contribution in [1.29, 1.82) is 0 Å². The van der Waals surface area contributed by atoms with Crippen molar-refractivity contribution >= 4 is 17.6 Å². The molecule has 0 atom stereocenters. The molecule has 1 aromatic rings. The number of halogens is 1. The number of methoxy groups -OCH3 is 1. The molecule has 3 heteroatoms. The van der Waals surface area contributed by atoms with E-state index in [1.165, 1.54) is 18.2 Å². The molecule has 1 aliphatic rings. The fourth-order valence-corrected chi connectivity index (χ4v) is 2.87. The van der Waals surface area contributed by atoms with Gasteiger partial charge in [-0.1, -0.05) is 43.2 Å². The number of carbonyl (C=O) groups is 1. The van der Waals surface area contributed by atoms with Gasteiger partial charge in [0.2, 0.25) is 0 Å². The van der Waals surface area contributed by atoms with Gasteiger partial charge in [0, 0.05) is 10.6 Å². The van der Waals surface area contributed by atoms with Crippen LogP contribution in [0.25, 0.3) is 0 Å². The molecule has 0 unspecified atom stereocenters. The average Bonchev–Trinajstić information content (AvgIpc) is 2.67. The highest BCUT2D eigenvalue weighted by atomic mass is 35.5. The van der Waals surface area contributed by atoms with Gasteiger partial charge in [-0.3, -0.25) is 0 Å². The molecule has 102 valence electrons. The molecule has 0 amide bonds. The van der Waals surface area contributed by atoms with Crippen molar-refractivity contribution < 1.29 is 9.53 Å². The molecule has 1 aliphatic carbocycles. The van der Waals surface area contributed by atoms with E-state index in [2.05, 4.69) is 13.8 Å². The Morgan fingerprint density at radius 1 is 1.32 bits per heavy atom. The first-order valence-electron chi connectivity index (χ1n) is 6.49. The first kappa shape index (κ1) is 14.1. The molecule has 0 saturated heterocycles. The second-order valence-corrected chi connectivity index (χ2v) is 6.09. The van der Waals surface area contributed by atoms with E-state index < -0.39 is 0 Å². The summed E-state index contributed by atoms with van der Waals surface area (Å²) in [5.74, 6) is -0.188. The minimum absolute atomic E-state index is 0.0884. The molecule has 0 heterocycles. The van der Waals surface area contributed by atoms with Gasteiger partial charge in [-0.05, 0) is 42.4 Å². The number of carbonyl (C=O) groups excluding carboxylic acids is 1. The highest BCUT2D eigenvalue weighted by Gasteiger charge is 2.37. The predicted molar refractivity (Wildman–Crippen MR) is 77.2 cm³/mol. The number of allylic oxidation sites excluding steroid dienone is 1. The normalized spacial score (nSPS) is 17.7. The monoisotopic (exact) mass is 278 g/mol. The summed E-state index contributed by atoms with van der Waals surface area (Å²) in [6.45, 7) is 4.21. The first-order chi connectivity index (χ1) is 8.94. The van der Waals surface area contributed by atoms with Crippen LogP contribution in [0.5, 0.6) is 0 Å². The van der Waals surface area contributed by atoms with E-state index in [1.807, 2.05) is 24.3 Å². The van der Waals surface area contributed by atoms with Gasteiger partial charge < -0.3 is 4.74 Å². The smallest absolute Gasteiger partial charge is 0.334 e. The van der Waals surface area contributed by atoms with E-state index in [4.69, 9.17) is 16.3 Å². The van der Waals surface area contributed by atoms with Gasteiger partial charge in [-0.2, -0.15) is 0 Å². The van der Waals surface area contributed by atoms with Crippen LogP contribution in [0.1, 0.15) is 32.3 Å². The van der Waals surface area contributed by atoms with Gasteiger partial charge in [0.05, 0.1) is 7.11 Å². The van der Waals surface area contributed by atoms with E-state index in [-0.39, 0.29) is 11.4 Å². The summed E-state index contributed by atoms with van der Waals surface area (Å²) >= 11 is 5.89. The maximum Gasteiger partial charge on any atom is 0.334 e. The van der Waals surface area contributed by atoms with Crippen molar-refractivity contribution in [1.82, 2.24) is 0 Å². The van der Waals surface area contributed by atoms with Crippen molar-refractivity contribution in [2.24, 2.45) is 5.41 Å². The topological polar surface area (TPSA) is 26.3 Å². The van der Waals surface area contributed by atoms with Crippen molar-refractivity contribution in [2.45, 2.75) is 33.1 Å². The van der Waals surface area contributed by atoms with Crippen molar-refractivity contribution in [3.05, 3.63) is 46.0 Å². The van der Waals surface area contributed by atoms with Crippen molar-refractivity contribution in [2.75, 3.05) is 7.11 Å². The molecule has 0 fully saturated rings. The van der Waals surface area contributed by atoms with Crippen LogP contribution in [-0.2, 0) is 16.0 Å². The number of ether oxygens (including phenoxy) is 1. The van der Waals surface area contributed by atoms with Gasteiger partial charge in [-0.15, -0.1) is 0 Å². The Balaban J connectivity index is 2.30. The van der Waals surface area contributed by atoms with E-state index >= 15 is 0 Å². The lowest BCUT2D eigenvalue weighted by Crippen LogP contribution is -2.19. The third-order valence-corrected chi connectivity index (χ3v) is 4.05. The second-order valence-electron chi connectivity index (χ2n) is 5.66. The minimum Gasteiger partial charge on any atom is -0.466 e. The van der Waals surface area contributed by atoms with Crippen LogP contribution < -0.4 is 0 Å². The Hall–Kier alpha value is -1.28. The quantitative estimate of drug-likeness (QED) is 0.776. The Morgan fingerprint density at radius 2 is 1.95 bits per heavy atom. The number of esters is 1. The van der Waals surface area contributed by atoms with Crippen LogP contribution in [-0.4, -0.2) is 13.1 Å². The zero-order valence-electron chi connectivity index (χ0n) is 11.6. The van der Waals surface area contributed by atoms with Gasteiger partial charge in [0.25, 0.3) is 0 Å². The lowest BCUT2D eigenvalue weighted by atomic mass is 9.85. The Morgan fingerprint density at radius 3 is 2.53 bits per heavy atom. The molecular weight excluding hydrogens is 260 g/mol. The molecule has 1 aromatic carbocycles. The third-order valence-electron chi connectivity index (χ3n) is 3.80. The Bertz CT molecular complexity index is 512. The van der Waals surface area contributed by atoms with Crippen LogP contribution >= 0.6 is 11.6 Å². The number of hydrogen-bond acceptors (Lipinski definition) is 2. The largest absolute Gasteiger partial charge is 0.466 e. The fourth-order valence-electron chi connectivity index (χ4n) is 2.74. The van der Waals surface area contributed by atoms with Crippen LogP contribution in [0.2, 0.25) is 5.02 Å². The van der Waals surface area contributed by atoms with E-state index in [0.29, 0.717) is 0 Å². The summed E-state index contributed by atoms with van der Waals surface area (Å²) in [4.78, 5) is 12.0. The molecule has 0 bridgehead atoms. The summed E-state index contributed by atoms with van der Waals surface area (Å²) in [5, 5.41) is 0.734. The Kier molecular flexibility index (Phi) is 4.00. The van der Waals surface area contributed by atoms with Crippen molar-refractivity contribution in [3.63, 3.8) is 0 Å². The van der Waals surface area contributed by atoms with Gasteiger partial charge in [0.1, 0.15) is 0 Å². The maximum absolute atomic E-state index is 12.0. The molecule has 19 heavy (non-hydrogen) atoms. The lowest BCUT2D eigenvalue weighted by molar-refractivity contribution is -0.137. The summed E-state index contributed by atoms with van der Waals surface area (Å²) < 4.78 is 4.94. The molecular formula is C16H19ClO2. The second kappa shape index (κ2) is 5.38. The molecule has 0 spiro atoms. The maximum atomic E-state index is 12.0. The summed E-state index contributed by atoms with van der Waals surface area (Å²) in [7, 11) is 1.45. The van der Waals surface area contributed by atoms with Gasteiger partial charge in [-0.25, -0.2) is 4.79 Å². The summed E-state index contributed by atoms with van der Waals surface area (Å²) in [5.41, 5.74) is 3.14. The fraction of sp³-hybridized carbons (Fsp3) is 0.438. The van der Waals surface area contributed by atoms with E-state index in [0.717, 1.165) is 29.9 Å². The molecule has 2 rings (SSSR count). The molecule has 0 aromatic heterocycles. The molecule has 0 saturated carbocycles. The predicted octanol–water partition coefficient (Wildman–Crippen LogP) is 4.17. The average molecular weight is 279 g/mol. The van der Waals surface area contributed by atoms with Gasteiger partial charge >= 0.3 is 5.97 Å². The summed E-state index contributed by atoms with van der Waals surface area (Å²) in [6, 6.07) is 7.79. The zero-order chi connectivity index (χ0) is 14.0. The standard InChI is InChI=1S/C16H19ClO2/c1-16(2)9-8-12(14(16)15(18)19-3)10-11-4-6-13(17)7-5-11/h4-7H,8-10H2,1-3H3. The van der Waals surface area contributed by atoms with Gasteiger partial charge in [0.15, 0.2) is 0 Å². The third kappa shape index (κ3) is 3.01. The highest BCUT2D eigenvalue weighted by Crippen LogP contribution is 2.43. The SMILES string of the molecule is COC(=O)C1=C(Cc2ccc(Cl)cc2)CCC1(C)C.